The third kappa shape index (κ3) is 3.73. The van der Waals surface area contributed by atoms with E-state index in [1.165, 1.54) is 0 Å². The number of hydrogen-bond donors (Lipinski definition) is 1. The van der Waals surface area contributed by atoms with E-state index in [1.807, 2.05) is 30.3 Å². The lowest BCUT2D eigenvalue weighted by molar-refractivity contribution is 1.35. The number of rotatable bonds is 3. The highest BCUT2D eigenvalue weighted by Gasteiger charge is 1.97. The molecule has 0 amide bonds. The van der Waals surface area contributed by atoms with Crippen molar-refractivity contribution in [1.29, 1.82) is 0 Å². The molecule has 0 aliphatic heterocycles. The Bertz CT molecular complexity index is 585. The Hall–Kier alpha value is -1.03. The number of nitrogens with one attached hydrogen (secondary N) is 1. The van der Waals surface area contributed by atoms with E-state index in [-0.39, 0.29) is 0 Å². The molecule has 0 aliphatic rings. The van der Waals surface area contributed by atoms with Crippen molar-refractivity contribution in [3.8, 4) is 0 Å². The molecule has 0 aliphatic carbocycles. The lowest BCUT2D eigenvalue weighted by Gasteiger charge is -2.01. The van der Waals surface area contributed by atoms with Gasteiger partial charge in [-0.15, -0.1) is 0 Å². The molecule has 0 saturated carbocycles. The molecule has 0 spiro atoms. The summed E-state index contributed by atoms with van der Waals surface area (Å²) in [6.45, 7) is 0. The average Bonchev–Trinajstić information content (AvgIpc) is 2.34. The van der Waals surface area contributed by atoms with Gasteiger partial charge >= 0.3 is 0 Å². The van der Waals surface area contributed by atoms with Crippen LogP contribution in [0.25, 0.3) is 0 Å². The second-order valence-corrected chi connectivity index (χ2v) is 5.28. The smallest absolute Gasteiger partial charge is 0.0613 e. The third-order valence-corrected chi connectivity index (χ3v) is 3.41. The average molecular weight is 344 g/mol. The van der Waals surface area contributed by atoms with Gasteiger partial charge in [-0.05, 0) is 35.9 Å². The van der Waals surface area contributed by atoms with Crippen molar-refractivity contribution in [3.63, 3.8) is 0 Å². The summed E-state index contributed by atoms with van der Waals surface area (Å²) in [6, 6.07) is 13.1. The standard InChI is InChI=1S/C13H9BrCl2N2/c14-10-3-1-2-9(6-10)8-17-18-11-4-5-12(15)13(16)7-11/h1-8,18H/b17-8-. The molecule has 5 heteroatoms. The Labute approximate surface area is 124 Å². The molecule has 2 aromatic rings. The van der Waals surface area contributed by atoms with E-state index in [0.717, 1.165) is 15.7 Å². The van der Waals surface area contributed by atoms with Crippen molar-refractivity contribution < 1.29 is 0 Å². The Balaban J connectivity index is 2.05. The van der Waals surface area contributed by atoms with Gasteiger partial charge < -0.3 is 0 Å². The van der Waals surface area contributed by atoms with E-state index < -0.39 is 0 Å². The van der Waals surface area contributed by atoms with Gasteiger partial charge in [0, 0.05) is 4.47 Å². The monoisotopic (exact) mass is 342 g/mol. The van der Waals surface area contributed by atoms with E-state index in [4.69, 9.17) is 23.2 Å². The predicted molar refractivity (Wildman–Crippen MR) is 81.8 cm³/mol. The molecule has 2 nitrogen and oxygen atoms in total. The van der Waals surface area contributed by atoms with Crippen LogP contribution in [0, 0.1) is 0 Å². The van der Waals surface area contributed by atoms with Crippen LogP contribution in [-0.4, -0.2) is 6.21 Å². The molecule has 2 rings (SSSR count). The minimum atomic E-state index is 0.499. The van der Waals surface area contributed by atoms with Gasteiger partial charge in [-0.2, -0.15) is 5.10 Å². The Kier molecular flexibility index (Phi) is 4.64. The van der Waals surface area contributed by atoms with E-state index in [9.17, 15) is 0 Å². The maximum Gasteiger partial charge on any atom is 0.0613 e. The number of benzene rings is 2. The molecular formula is C13H9BrCl2N2. The van der Waals surface area contributed by atoms with E-state index >= 15 is 0 Å². The summed E-state index contributed by atoms with van der Waals surface area (Å²) in [7, 11) is 0. The zero-order valence-electron chi connectivity index (χ0n) is 9.20. The van der Waals surface area contributed by atoms with Crippen LogP contribution in [0.5, 0.6) is 0 Å². The van der Waals surface area contributed by atoms with Crippen molar-refractivity contribution in [3.05, 3.63) is 62.5 Å². The maximum absolute atomic E-state index is 5.90. The highest BCUT2D eigenvalue weighted by molar-refractivity contribution is 9.10. The van der Waals surface area contributed by atoms with Crippen molar-refractivity contribution in [2.45, 2.75) is 0 Å². The molecule has 92 valence electrons. The summed E-state index contributed by atoms with van der Waals surface area (Å²) in [5.74, 6) is 0. The summed E-state index contributed by atoms with van der Waals surface area (Å²) in [6.07, 6.45) is 1.73. The van der Waals surface area contributed by atoms with E-state index in [0.29, 0.717) is 10.0 Å². The van der Waals surface area contributed by atoms with Gasteiger partial charge in [0.15, 0.2) is 0 Å². The normalized spacial score (nSPS) is 10.8. The zero-order chi connectivity index (χ0) is 13.0. The lowest BCUT2D eigenvalue weighted by atomic mass is 10.2. The van der Waals surface area contributed by atoms with Gasteiger partial charge in [-0.1, -0.05) is 51.3 Å². The minimum Gasteiger partial charge on any atom is -0.278 e. The topological polar surface area (TPSA) is 24.4 Å². The fourth-order valence-corrected chi connectivity index (χ4v) is 2.05. The van der Waals surface area contributed by atoms with Crippen molar-refractivity contribution in [2.24, 2.45) is 5.10 Å². The predicted octanol–water partition coefficient (Wildman–Crippen LogP) is 5.20. The van der Waals surface area contributed by atoms with E-state index in [2.05, 4.69) is 26.5 Å². The second kappa shape index (κ2) is 6.23. The van der Waals surface area contributed by atoms with Gasteiger partial charge in [-0.3, -0.25) is 5.43 Å². The number of nitrogens with zero attached hydrogens (tertiary/aromatic N) is 1. The van der Waals surface area contributed by atoms with Gasteiger partial charge in [0.25, 0.3) is 0 Å². The minimum absolute atomic E-state index is 0.499. The second-order valence-electron chi connectivity index (χ2n) is 3.55. The first kappa shape index (κ1) is 13.4. The molecular weight excluding hydrogens is 335 g/mol. The van der Waals surface area contributed by atoms with Crippen LogP contribution in [0.4, 0.5) is 5.69 Å². The van der Waals surface area contributed by atoms with Crippen LogP contribution in [0.2, 0.25) is 10.0 Å². The molecule has 1 N–H and O–H groups in total. The highest BCUT2D eigenvalue weighted by atomic mass is 79.9. The molecule has 0 fully saturated rings. The molecule has 0 heterocycles. The largest absolute Gasteiger partial charge is 0.278 e. The van der Waals surface area contributed by atoms with Gasteiger partial charge in [0.05, 0.1) is 21.9 Å². The van der Waals surface area contributed by atoms with Crippen LogP contribution in [0.3, 0.4) is 0 Å². The summed E-state index contributed by atoms with van der Waals surface area (Å²) in [4.78, 5) is 0. The van der Waals surface area contributed by atoms with Gasteiger partial charge in [0.2, 0.25) is 0 Å². The Morgan fingerprint density at radius 3 is 2.61 bits per heavy atom. The molecule has 0 atom stereocenters. The van der Waals surface area contributed by atoms with Crippen LogP contribution >= 0.6 is 39.1 Å². The first-order chi connectivity index (χ1) is 8.65. The fraction of sp³-hybridized carbons (Fsp3) is 0. The van der Waals surface area contributed by atoms with Crippen molar-refractivity contribution in [2.75, 3.05) is 5.43 Å². The van der Waals surface area contributed by atoms with Gasteiger partial charge in [-0.25, -0.2) is 0 Å². The zero-order valence-corrected chi connectivity index (χ0v) is 12.3. The summed E-state index contributed by atoms with van der Waals surface area (Å²) >= 11 is 15.1. The molecule has 0 unspecified atom stereocenters. The number of anilines is 1. The molecule has 0 aromatic heterocycles. The molecule has 0 bridgehead atoms. The molecule has 2 aromatic carbocycles. The Morgan fingerprint density at radius 2 is 1.89 bits per heavy atom. The molecule has 0 radical (unpaired) electrons. The lowest BCUT2D eigenvalue weighted by Crippen LogP contribution is -1.90. The SMILES string of the molecule is Clc1ccc(N/N=C\c2cccc(Br)c2)cc1Cl. The van der Waals surface area contributed by atoms with Crippen LogP contribution in [0.1, 0.15) is 5.56 Å². The molecule has 18 heavy (non-hydrogen) atoms. The number of hydrazone groups is 1. The van der Waals surface area contributed by atoms with Gasteiger partial charge in [0.1, 0.15) is 0 Å². The third-order valence-electron chi connectivity index (χ3n) is 2.18. The molecule has 0 saturated heterocycles. The van der Waals surface area contributed by atoms with Crippen molar-refractivity contribution >= 4 is 51.0 Å². The first-order valence-electron chi connectivity index (χ1n) is 5.15. The fourth-order valence-electron chi connectivity index (χ4n) is 1.33. The summed E-state index contributed by atoms with van der Waals surface area (Å²) < 4.78 is 1.01. The Morgan fingerprint density at radius 1 is 1.06 bits per heavy atom. The maximum atomic E-state index is 5.90. The number of halogens is 3. The highest BCUT2D eigenvalue weighted by Crippen LogP contribution is 2.24. The summed E-state index contributed by atoms with van der Waals surface area (Å²) in [5.41, 5.74) is 4.68. The summed E-state index contributed by atoms with van der Waals surface area (Å²) in [5, 5.41) is 5.15. The van der Waals surface area contributed by atoms with Crippen LogP contribution in [-0.2, 0) is 0 Å². The quantitative estimate of drug-likeness (QED) is 0.601. The van der Waals surface area contributed by atoms with Crippen molar-refractivity contribution in [1.82, 2.24) is 0 Å². The first-order valence-corrected chi connectivity index (χ1v) is 6.70. The van der Waals surface area contributed by atoms with E-state index in [1.54, 1.807) is 18.3 Å². The van der Waals surface area contributed by atoms with Crippen LogP contribution < -0.4 is 5.43 Å². The number of hydrogen-bond acceptors (Lipinski definition) is 2. The van der Waals surface area contributed by atoms with Crippen LogP contribution in [0.15, 0.2) is 52.0 Å².